The summed E-state index contributed by atoms with van der Waals surface area (Å²) in [6.07, 6.45) is 1.27. The molecule has 0 bridgehead atoms. The third-order valence-corrected chi connectivity index (χ3v) is 1.80. The van der Waals surface area contributed by atoms with E-state index in [1.54, 1.807) is 6.92 Å². The maximum absolute atomic E-state index is 13.3. The minimum absolute atomic E-state index is 0.0824. The van der Waals surface area contributed by atoms with E-state index in [0.717, 1.165) is 0 Å². The van der Waals surface area contributed by atoms with Gasteiger partial charge in [0.2, 0.25) is 11.7 Å². The molecule has 5 nitrogen and oxygen atoms in total. The monoisotopic (exact) mass is 209 g/mol. The number of hydrogen-bond acceptors (Lipinski definition) is 5. The molecule has 2 heterocycles. The zero-order valence-corrected chi connectivity index (χ0v) is 8.19. The zero-order valence-electron chi connectivity index (χ0n) is 8.19. The van der Waals surface area contributed by atoms with Crippen LogP contribution in [0.4, 0.5) is 4.39 Å². The molecule has 0 unspecified atom stereocenters. The predicted octanol–water partition coefficient (Wildman–Crippen LogP) is 1.59. The number of ether oxygens (including phenoxy) is 1. The molecule has 0 saturated carbocycles. The maximum Gasteiger partial charge on any atom is 0.223 e. The second-order valence-corrected chi connectivity index (χ2v) is 2.84. The van der Waals surface area contributed by atoms with Crippen LogP contribution in [0.3, 0.4) is 0 Å². The SMILES string of the molecule is COc1cnc(-c2noc(C)n2)cc1F. The Balaban J connectivity index is 2.42. The predicted molar refractivity (Wildman–Crippen MR) is 48.8 cm³/mol. The number of methoxy groups -OCH3 is 1. The van der Waals surface area contributed by atoms with Crippen molar-refractivity contribution in [3.63, 3.8) is 0 Å². The minimum atomic E-state index is -0.509. The summed E-state index contributed by atoms with van der Waals surface area (Å²) in [6, 6.07) is 1.20. The molecule has 15 heavy (non-hydrogen) atoms. The number of aromatic nitrogens is 3. The molecule has 6 heteroatoms. The van der Waals surface area contributed by atoms with E-state index in [1.165, 1.54) is 19.4 Å². The molecule has 0 aromatic carbocycles. The molecular weight excluding hydrogens is 201 g/mol. The Hall–Kier alpha value is -1.98. The van der Waals surface area contributed by atoms with E-state index < -0.39 is 5.82 Å². The molecule has 0 fully saturated rings. The Bertz CT molecular complexity index is 484. The highest BCUT2D eigenvalue weighted by atomic mass is 19.1. The molecule has 0 aliphatic rings. The number of aryl methyl sites for hydroxylation is 1. The molecule has 0 atom stereocenters. The number of rotatable bonds is 2. The van der Waals surface area contributed by atoms with Crippen molar-refractivity contribution in [3.8, 4) is 17.3 Å². The first-order chi connectivity index (χ1) is 7.20. The maximum atomic E-state index is 13.3. The van der Waals surface area contributed by atoms with Crippen molar-refractivity contribution in [2.24, 2.45) is 0 Å². The summed E-state index contributed by atoms with van der Waals surface area (Å²) in [5.41, 5.74) is 0.310. The van der Waals surface area contributed by atoms with Crippen molar-refractivity contribution >= 4 is 0 Å². The Morgan fingerprint density at radius 1 is 1.47 bits per heavy atom. The Morgan fingerprint density at radius 3 is 2.80 bits per heavy atom. The number of pyridine rings is 1. The number of nitrogens with zero attached hydrogens (tertiary/aromatic N) is 3. The van der Waals surface area contributed by atoms with Crippen molar-refractivity contribution in [2.75, 3.05) is 7.11 Å². The summed E-state index contributed by atoms with van der Waals surface area (Å²) in [6.45, 7) is 1.65. The second kappa shape index (κ2) is 3.64. The second-order valence-electron chi connectivity index (χ2n) is 2.84. The van der Waals surface area contributed by atoms with E-state index in [9.17, 15) is 4.39 Å². The van der Waals surface area contributed by atoms with Crippen LogP contribution in [0.2, 0.25) is 0 Å². The first-order valence-electron chi connectivity index (χ1n) is 4.21. The molecule has 2 aromatic heterocycles. The largest absolute Gasteiger partial charge is 0.492 e. The fourth-order valence-corrected chi connectivity index (χ4v) is 1.09. The first-order valence-corrected chi connectivity index (χ1v) is 4.21. The Kier molecular flexibility index (Phi) is 2.32. The van der Waals surface area contributed by atoms with E-state index in [2.05, 4.69) is 15.1 Å². The summed E-state index contributed by atoms with van der Waals surface area (Å²) in [4.78, 5) is 7.87. The van der Waals surface area contributed by atoms with E-state index >= 15 is 0 Å². The van der Waals surface area contributed by atoms with Gasteiger partial charge in [-0.1, -0.05) is 5.16 Å². The van der Waals surface area contributed by atoms with Gasteiger partial charge in [0.1, 0.15) is 5.69 Å². The van der Waals surface area contributed by atoms with Crippen LogP contribution < -0.4 is 4.74 Å². The quantitative estimate of drug-likeness (QED) is 0.751. The van der Waals surface area contributed by atoms with Crippen LogP contribution in [0.5, 0.6) is 5.75 Å². The van der Waals surface area contributed by atoms with Crippen molar-refractivity contribution in [1.82, 2.24) is 15.1 Å². The van der Waals surface area contributed by atoms with Crippen LogP contribution in [0.15, 0.2) is 16.8 Å². The van der Waals surface area contributed by atoms with Crippen molar-refractivity contribution < 1.29 is 13.7 Å². The van der Waals surface area contributed by atoms with Gasteiger partial charge in [-0.25, -0.2) is 9.37 Å². The van der Waals surface area contributed by atoms with E-state index in [1.807, 2.05) is 0 Å². The zero-order chi connectivity index (χ0) is 10.8. The highest BCUT2D eigenvalue weighted by Crippen LogP contribution is 2.20. The average Bonchev–Trinajstić information content (AvgIpc) is 2.65. The van der Waals surface area contributed by atoms with Gasteiger partial charge in [-0.3, -0.25) is 0 Å². The van der Waals surface area contributed by atoms with Crippen LogP contribution in [0, 0.1) is 12.7 Å². The van der Waals surface area contributed by atoms with Crippen LogP contribution in [-0.2, 0) is 0 Å². The molecule has 0 aliphatic carbocycles. The molecule has 0 spiro atoms. The Labute approximate surface area is 84.9 Å². The minimum Gasteiger partial charge on any atom is -0.492 e. The lowest BCUT2D eigenvalue weighted by Crippen LogP contribution is -1.92. The van der Waals surface area contributed by atoms with Gasteiger partial charge in [-0.15, -0.1) is 0 Å². The van der Waals surface area contributed by atoms with Gasteiger partial charge < -0.3 is 9.26 Å². The van der Waals surface area contributed by atoms with Gasteiger partial charge in [-0.2, -0.15) is 4.98 Å². The molecule has 78 valence electrons. The lowest BCUT2D eigenvalue weighted by molar-refractivity contribution is 0.384. The average molecular weight is 209 g/mol. The topological polar surface area (TPSA) is 61.0 Å². The smallest absolute Gasteiger partial charge is 0.223 e. The summed E-state index contributed by atoms with van der Waals surface area (Å²) >= 11 is 0. The van der Waals surface area contributed by atoms with Crippen molar-refractivity contribution in [1.29, 1.82) is 0 Å². The molecular formula is C9H8FN3O2. The van der Waals surface area contributed by atoms with E-state index in [0.29, 0.717) is 11.6 Å². The molecule has 2 aromatic rings. The van der Waals surface area contributed by atoms with Crippen LogP contribution in [0.25, 0.3) is 11.5 Å². The van der Waals surface area contributed by atoms with Gasteiger partial charge >= 0.3 is 0 Å². The Morgan fingerprint density at radius 2 is 2.27 bits per heavy atom. The summed E-state index contributed by atoms with van der Waals surface area (Å²) in [5, 5.41) is 3.63. The fraction of sp³-hybridized carbons (Fsp3) is 0.222. The molecule has 0 saturated heterocycles. The lowest BCUT2D eigenvalue weighted by atomic mass is 10.3. The van der Waals surface area contributed by atoms with Gasteiger partial charge in [0.15, 0.2) is 11.6 Å². The highest BCUT2D eigenvalue weighted by Gasteiger charge is 2.10. The summed E-state index contributed by atoms with van der Waals surface area (Å²) in [7, 11) is 1.37. The van der Waals surface area contributed by atoms with Crippen LogP contribution >= 0.6 is 0 Å². The van der Waals surface area contributed by atoms with Crippen LogP contribution in [-0.4, -0.2) is 22.2 Å². The van der Waals surface area contributed by atoms with Gasteiger partial charge in [0.05, 0.1) is 13.3 Å². The molecule has 0 amide bonds. The molecule has 0 N–H and O–H groups in total. The first kappa shape index (κ1) is 9.57. The number of hydrogen-bond donors (Lipinski definition) is 0. The van der Waals surface area contributed by atoms with Gasteiger partial charge in [0, 0.05) is 13.0 Å². The lowest BCUT2D eigenvalue weighted by Gasteiger charge is -2.00. The molecule has 2 rings (SSSR count). The fourth-order valence-electron chi connectivity index (χ4n) is 1.09. The highest BCUT2D eigenvalue weighted by molar-refractivity contribution is 5.49. The van der Waals surface area contributed by atoms with Crippen LogP contribution in [0.1, 0.15) is 5.89 Å². The normalized spacial score (nSPS) is 10.3. The van der Waals surface area contributed by atoms with Gasteiger partial charge in [-0.05, 0) is 0 Å². The number of halogens is 1. The summed E-state index contributed by atoms with van der Waals surface area (Å²) in [5.74, 6) is 0.237. The molecule has 0 radical (unpaired) electrons. The standard InChI is InChI=1S/C9H8FN3O2/c1-5-12-9(13-15-5)7-3-6(10)8(14-2)4-11-7/h3-4H,1-2H3. The summed E-state index contributed by atoms with van der Waals surface area (Å²) < 4.78 is 22.8. The van der Waals surface area contributed by atoms with Gasteiger partial charge in [0.25, 0.3) is 0 Å². The third-order valence-electron chi connectivity index (χ3n) is 1.80. The molecule has 0 aliphatic heterocycles. The van der Waals surface area contributed by atoms with E-state index in [4.69, 9.17) is 9.26 Å². The third kappa shape index (κ3) is 1.78. The van der Waals surface area contributed by atoms with Crippen molar-refractivity contribution in [2.45, 2.75) is 6.92 Å². The van der Waals surface area contributed by atoms with E-state index in [-0.39, 0.29) is 11.6 Å². The van der Waals surface area contributed by atoms with Crippen molar-refractivity contribution in [3.05, 3.63) is 24.0 Å².